The molecule has 24 heavy (non-hydrogen) atoms. The minimum absolute atomic E-state index is 0.0196. The molecule has 0 saturated heterocycles. The van der Waals surface area contributed by atoms with E-state index in [4.69, 9.17) is 14.2 Å². The average molecular weight is 327 g/mol. The molecular weight excluding hydrogens is 306 g/mol. The van der Waals surface area contributed by atoms with Gasteiger partial charge in [0.1, 0.15) is 13.2 Å². The van der Waals surface area contributed by atoms with Crippen molar-refractivity contribution in [1.29, 1.82) is 0 Å². The summed E-state index contributed by atoms with van der Waals surface area (Å²) in [6.07, 6.45) is 0. The molecule has 2 aromatic rings. The zero-order valence-electron chi connectivity index (χ0n) is 14.0. The summed E-state index contributed by atoms with van der Waals surface area (Å²) in [6.45, 7) is 2.18. The molecular formula is C19H21NO4. The number of amides is 1. The van der Waals surface area contributed by atoms with E-state index in [-0.39, 0.29) is 5.91 Å². The SMILES string of the molecule is COCc1ccc(C(=O)N(C)Cc2ccc3c(c2)OCCO3)cc1. The van der Waals surface area contributed by atoms with Crippen LogP contribution in [0.5, 0.6) is 11.5 Å². The maximum absolute atomic E-state index is 12.5. The van der Waals surface area contributed by atoms with Gasteiger partial charge in [-0.15, -0.1) is 0 Å². The number of hydrogen-bond acceptors (Lipinski definition) is 4. The van der Waals surface area contributed by atoms with Crippen LogP contribution in [-0.2, 0) is 17.9 Å². The van der Waals surface area contributed by atoms with Crippen LogP contribution in [0.15, 0.2) is 42.5 Å². The summed E-state index contributed by atoms with van der Waals surface area (Å²) in [5.41, 5.74) is 2.71. The second-order valence-corrected chi connectivity index (χ2v) is 5.77. The largest absolute Gasteiger partial charge is 0.486 e. The van der Waals surface area contributed by atoms with Gasteiger partial charge in [0.15, 0.2) is 11.5 Å². The van der Waals surface area contributed by atoms with Crippen LogP contribution < -0.4 is 9.47 Å². The zero-order valence-corrected chi connectivity index (χ0v) is 14.0. The molecule has 0 spiro atoms. The van der Waals surface area contributed by atoms with Gasteiger partial charge in [0, 0.05) is 26.3 Å². The number of rotatable bonds is 5. The molecule has 0 aromatic heterocycles. The number of fused-ring (bicyclic) bond motifs is 1. The van der Waals surface area contributed by atoms with E-state index in [1.165, 1.54) is 0 Å². The lowest BCUT2D eigenvalue weighted by Crippen LogP contribution is -2.26. The maximum Gasteiger partial charge on any atom is 0.253 e. The normalized spacial score (nSPS) is 12.8. The second kappa shape index (κ2) is 7.36. The van der Waals surface area contributed by atoms with Gasteiger partial charge in [-0.1, -0.05) is 18.2 Å². The topological polar surface area (TPSA) is 48.0 Å². The van der Waals surface area contributed by atoms with Crippen molar-refractivity contribution in [3.63, 3.8) is 0 Å². The first-order valence-corrected chi connectivity index (χ1v) is 7.89. The third-order valence-corrected chi connectivity index (χ3v) is 3.88. The van der Waals surface area contributed by atoms with Crippen molar-refractivity contribution < 1.29 is 19.0 Å². The second-order valence-electron chi connectivity index (χ2n) is 5.77. The molecule has 0 atom stereocenters. The molecule has 0 bridgehead atoms. The number of carbonyl (C=O) groups excluding carboxylic acids is 1. The van der Waals surface area contributed by atoms with Crippen molar-refractivity contribution in [2.24, 2.45) is 0 Å². The summed E-state index contributed by atoms with van der Waals surface area (Å²) in [4.78, 5) is 14.2. The van der Waals surface area contributed by atoms with E-state index in [0.29, 0.717) is 31.9 Å². The Morgan fingerprint density at radius 3 is 2.42 bits per heavy atom. The van der Waals surface area contributed by atoms with Crippen molar-refractivity contribution in [1.82, 2.24) is 4.90 Å². The zero-order chi connectivity index (χ0) is 16.9. The van der Waals surface area contributed by atoms with Crippen LogP contribution in [0.25, 0.3) is 0 Å². The Bertz CT molecular complexity index is 712. The Balaban J connectivity index is 1.67. The maximum atomic E-state index is 12.5. The molecule has 0 saturated carbocycles. The fraction of sp³-hybridized carbons (Fsp3) is 0.316. The van der Waals surface area contributed by atoms with Gasteiger partial charge in [-0.2, -0.15) is 0 Å². The Hall–Kier alpha value is -2.53. The van der Waals surface area contributed by atoms with E-state index in [1.54, 1.807) is 19.1 Å². The number of hydrogen-bond donors (Lipinski definition) is 0. The lowest BCUT2D eigenvalue weighted by molar-refractivity contribution is 0.0784. The van der Waals surface area contributed by atoms with Gasteiger partial charge in [0.25, 0.3) is 5.91 Å². The van der Waals surface area contributed by atoms with E-state index in [0.717, 1.165) is 22.6 Å². The van der Waals surface area contributed by atoms with Crippen LogP contribution in [0.2, 0.25) is 0 Å². The van der Waals surface area contributed by atoms with Gasteiger partial charge < -0.3 is 19.1 Å². The minimum Gasteiger partial charge on any atom is -0.486 e. The Morgan fingerprint density at radius 2 is 1.71 bits per heavy atom. The summed E-state index contributed by atoms with van der Waals surface area (Å²) < 4.78 is 16.2. The monoisotopic (exact) mass is 327 g/mol. The summed E-state index contributed by atoms with van der Waals surface area (Å²) in [5.74, 6) is 1.48. The van der Waals surface area contributed by atoms with Crippen LogP contribution in [0.3, 0.4) is 0 Å². The highest BCUT2D eigenvalue weighted by molar-refractivity contribution is 5.94. The highest BCUT2D eigenvalue weighted by Gasteiger charge is 2.15. The third-order valence-electron chi connectivity index (χ3n) is 3.88. The van der Waals surface area contributed by atoms with E-state index in [9.17, 15) is 4.79 Å². The molecule has 0 N–H and O–H groups in total. The van der Waals surface area contributed by atoms with Gasteiger partial charge in [0.2, 0.25) is 0 Å². The lowest BCUT2D eigenvalue weighted by Gasteiger charge is -2.21. The van der Waals surface area contributed by atoms with Gasteiger partial charge >= 0.3 is 0 Å². The average Bonchev–Trinajstić information content (AvgIpc) is 2.62. The predicted octanol–water partition coefficient (Wildman–Crippen LogP) is 2.88. The summed E-state index contributed by atoms with van der Waals surface area (Å²) >= 11 is 0. The van der Waals surface area contributed by atoms with E-state index in [2.05, 4.69) is 0 Å². The first-order chi connectivity index (χ1) is 11.7. The van der Waals surface area contributed by atoms with Gasteiger partial charge in [-0.25, -0.2) is 0 Å². The van der Waals surface area contributed by atoms with Crippen LogP contribution >= 0.6 is 0 Å². The molecule has 0 aliphatic carbocycles. The summed E-state index contributed by atoms with van der Waals surface area (Å²) in [7, 11) is 3.45. The molecule has 0 radical (unpaired) electrons. The molecule has 2 aromatic carbocycles. The van der Waals surface area contributed by atoms with Crippen molar-refractivity contribution in [2.45, 2.75) is 13.2 Å². The van der Waals surface area contributed by atoms with Crippen molar-refractivity contribution in [3.05, 3.63) is 59.2 Å². The van der Waals surface area contributed by atoms with Gasteiger partial charge in [-0.05, 0) is 35.4 Å². The fourth-order valence-corrected chi connectivity index (χ4v) is 2.66. The summed E-state index contributed by atoms with van der Waals surface area (Å²) in [6, 6.07) is 13.3. The van der Waals surface area contributed by atoms with Crippen molar-refractivity contribution in [3.8, 4) is 11.5 Å². The lowest BCUT2D eigenvalue weighted by atomic mass is 10.1. The fourth-order valence-electron chi connectivity index (χ4n) is 2.66. The molecule has 1 heterocycles. The number of methoxy groups -OCH3 is 1. The smallest absolute Gasteiger partial charge is 0.253 e. The van der Waals surface area contributed by atoms with E-state index >= 15 is 0 Å². The molecule has 5 nitrogen and oxygen atoms in total. The van der Waals surface area contributed by atoms with Crippen molar-refractivity contribution >= 4 is 5.91 Å². The van der Waals surface area contributed by atoms with Crippen LogP contribution in [-0.4, -0.2) is 38.2 Å². The molecule has 0 fully saturated rings. The molecule has 5 heteroatoms. The van der Waals surface area contributed by atoms with Crippen LogP contribution in [0, 0.1) is 0 Å². The highest BCUT2D eigenvalue weighted by Crippen LogP contribution is 2.31. The third kappa shape index (κ3) is 3.68. The Kier molecular flexibility index (Phi) is 5.01. The predicted molar refractivity (Wildman–Crippen MR) is 90.4 cm³/mol. The molecule has 126 valence electrons. The molecule has 1 amide bonds. The van der Waals surface area contributed by atoms with Crippen LogP contribution in [0.1, 0.15) is 21.5 Å². The first kappa shape index (κ1) is 16.3. The summed E-state index contributed by atoms with van der Waals surface area (Å²) in [5, 5.41) is 0. The molecule has 3 rings (SSSR count). The first-order valence-electron chi connectivity index (χ1n) is 7.89. The van der Waals surface area contributed by atoms with E-state index in [1.807, 2.05) is 42.5 Å². The highest BCUT2D eigenvalue weighted by atomic mass is 16.6. The Labute approximate surface area is 141 Å². The van der Waals surface area contributed by atoms with Crippen molar-refractivity contribution in [2.75, 3.05) is 27.4 Å². The van der Waals surface area contributed by atoms with Gasteiger partial charge in [0.05, 0.1) is 6.61 Å². The number of nitrogens with zero attached hydrogens (tertiary/aromatic N) is 1. The Morgan fingerprint density at radius 1 is 1.04 bits per heavy atom. The van der Waals surface area contributed by atoms with E-state index < -0.39 is 0 Å². The van der Waals surface area contributed by atoms with Crippen LogP contribution in [0.4, 0.5) is 0 Å². The number of carbonyl (C=O) groups is 1. The number of benzene rings is 2. The molecule has 1 aliphatic heterocycles. The standard InChI is InChI=1S/C19H21NO4/c1-20(19(21)16-6-3-14(4-7-16)13-22-2)12-15-5-8-17-18(11-15)24-10-9-23-17/h3-8,11H,9-10,12-13H2,1-2H3. The molecule has 0 unspecified atom stereocenters. The quantitative estimate of drug-likeness (QED) is 0.847. The number of ether oxygens (including phenoxy) is 3. The molecule has 1 aliphatic rings. The van der Waals surface area contributed by atoms with Gasteiger partial charge in [-0.3, -0.25) is 4.79 Å². The minimum atomic E-state index is -0.0196.